The van der Waals surface area contributed by atoms with E-state index in [1.54, 1.807) is 26.0 Å². The van der Waals surface area contributed by atoms with Crippen molar-refractivity contribution in [1.82, 2.24) is 15.5 Å². The van der Waals surface area contributed by atoms with E-state index in [-0.39, 0.29) is 11.7 Å². The molecule has 1 aromatic rings. The summed E-state index contributed by atoms with van der Waals surface area (Å²) >= 11 is 0. The molecule has 150 valence electrons. The molecule has 1 heterocycles. The van der Waals surface area contributed by atoms with E-state index in [2.05, 4.69) is 15.6 Å². The number of carbonyl (C=O) groups excluding carboxylic acids is 1. The van der Waals surface area contributed by atoms with Gasteiger partial charge in [0, 0.05) is 31.7 Å². The number of rotatable bonds is 5. The predicted molar refractivity (Wildman–Crippen MR) is 109 cm³/mol. The highest BCUT2D eigenvalue weighted by molar-refractivity contribution is 7.92. The highest BCUT2D eigenvalue weighted by Gasteiger charge is 2.40. The summed E-state index contributed by atoms with van der Waals surface area (Å²) < 4.78 is 23.6. The van der Waals surface area contributed by atoms with Crippen molar-refractivity contribution in [2.75, 3.05) is 31.9 Å². The molecule has 0 saturated carbocycles. The monoisotopic (exact) mass is 394 g/mol. The second-order valence-electron chi connectivity index (χ2n) is 7.23. The Balaban J connectivity index is 2.11. The second-order valence-corrected chi connectivity index (χ2v) is 9.97. The van der Waals surface area contributed by atoms with Crippen LogP contribution in [0.1, 0.15) is 43.6 Å². The van der Waals surface area contributed by atoms with Crippen LogP contribution in [0.15, 0.2) is 29.3 Å². The molecule has 2 N–H and O–H groups in total. The summed E-state index contributed by atoms with van der Waals surface area (Å²) in [5, 5.41) is 6.02. The van der Waals surface area contributed by atoms with E-state index < -0.39 is 14.6 Å². The summed E-state index contributed by atoms with van der Waals surface area (Å²) in [5.41, 5.74) is 1.61. The van der Waals surface area contributed by atoms with Gasteiger partial charge in [0.25, 0.3) is 5.91 Å². The van der Waals surface area contributed by atoms with Gasteiger partial charge < -0.3 is 15.5 Å². The van der Waals surface area contributed by atoms with Crippen LogP contribution < -0.4 is 10.6 Å². The molecule has 0 unspecified atom stereocenters. The van der Waals surface area contributed by atoms with Gasteiger partial charge in [-0.3, -0.25) is 4.79 Å². The molecule has 1 amide bonds. The number of hydrogen-bond acceptors (Lipinski definition) is 4. The third kappa shape index (κ3) is 5.22. The summed E-state index contributed by atoms with van der Waals surface area (Å²) in [6, 6.07) is 7.36. The Bertz CT molecular complexity index is 786. The second kappa shape index (κ2) is 8.73. The Morgan fingerprint density at radius 1 is 1.15 bits per heavy atom. The highest BCUT2D eigenvalue weighted by atomic mass is 32.2. The molecule has 0 bridgehead atoms. The molecule has 0 spiro atoms. The van der Waals surface area contributed by atoms with Gasteiger partial charge in [-0.15, -0.1) is 0 Å². The maximum absolute atomic E-state index is 12.2. The molecule has 27 heavy (non-hydrogen) atoms. The van der Waals surface area contributed by atoms with Crippen molar-refractivity contribution in [3.8, 4) is 0 Å². The molecule has 0 radical (unpaired) electrons. The van der Waals surface area contributed by atoms with E-state index in [1.165, 1.54) is 0 Å². The van der Waals surface area contributed by atoms with Crippen molar-refractivity contribution >= 4 is 21.7 Å². The molecule has 1 aliphatic rings. The Hall–Kier alpha value is -2.09. The van der Waals surface area contributed by atoms with E-state index in [1.807, 2.05) is 30.9 Å². The summed E-state index contributed by atoms with van der Waals surface area (Å²) in [4.78, 5) is 18.5. The summed E-state index contributed by atoms with van der Waals surface area (Å²) in [7, 11) is -3.09. The van der Waals surface area contributed by atoms with Crippen LogP contribution in [0, 0.1) is 0 Å². The molecule has 7 nitrogen and oxygen atoms in total. The van der Waals surface area contributed by atoms with Gasteiger partial charge in [-0.2, -0.15) is 0 Å². The SMILES string of the molecule is CCNC(=O)c1ccc(CN=C(NCC)N2CCS(=O)(=O)C(C)(C)C2)cc1. The van der Waals surface area contributed by atoms with E-state index in [0.29, 0.717) is 44.2 Å². The zero-order valence-corrected chi connectivity index (χ0v) is 17.4. The number of hydrogen-bond donors (Lipinski definition) is 2. The van der Waals surface area contributed by atoms with Gasteiger partial charge in [-0.1, -0.05) is 12.1 Å². The molecule has 0 aliphatic carbocycles. The van der Waals surface area contributed by atoms with E-state index in [9.17, 15) is 13.2 Å². The number of benzene rings is 1. The van der Waals surface area contributed by atoms with Crippen LogP contribution in [0.5, 0.6) is 0 Å². The van der Waals surface area contributed by atoms with E-state index in [4.69, 9.17) is 0 Å². The Morgan fingerprint density at radius 3 is 2.33 bits per heavy atom. The minimum Gasteiger partial charge on any atom is -0.357 e. The number of sulfone groups is 1. The average Bonchev–Trinajstić information content (AvgIpc) is 2.62. The maximum atomic E-state index is 12.2. The molecule has 1 saturated heterocycles. The molecule has 1 aromatic carbocycles. The van der Waals surface area contributed by atoms with Gasteiger partial charge in [0.1, 0.15) is 0 Å². The van der Waals surface area contributed by atoms with Gasteiger partial charge in [0.2, 0.25) is 0 Å². The van der Waals surface area contributed by atoms with Crippen molar-refractivity contribution in [3.05, 3.63) is 35.4 Å². The van der Waals surface area contributed by atoms with Gasteiger partial charge in [0.15, 0.2) is 15.8 Å². The van der Waals surface area contributed by atoms with Crippen molar-refractivity contribution < 1.29 is 13.2 Å². The number of guanidine groups is 1. The third-order valence-corrected chi connectivity index (χ3v) is 7.18. The number of carbonyl (C=O) groups is 1. The lowest BCUT2D eigenvalue weighted by molar-refractivity contribution is 0.0956. The topological polar surface area (TPSA) is 90.9 Å². The first-order valence-electron chi connectivity index (χ1n) is 9.33. The number of nitrogens with one attached hydrogen (secondary N) is 2. The van der Waals surface area contributed by atoms with Crippen molar-refractivity contribution in [2.24, 2.45) is 4.99 Å². The quantitative estimate of drug-likeness (QED) is 0.582. The normalized spacial score (nSPS) is 18.8. The van der Waals surface area contributed by atoms with Crippen LogP contribution in [0.3, 0.4) is 0 Å². The lowest BCUT2D eigenvalue weighted by Gasteiger charge is -2.39. The summed E-state index contributed by atoms with van der Waals surface area (Å²) in [6.45, 7) is 10.0. The zero-order chi connectivity index (χ0) is 20.1. The van der Waals surface area contributed by atoms with Gasteiger partial charge in [0.05, 0.1) is 17.0 Å². The first-order valence-corrected chi connectivity index (χ1v) is 11.0. The Morgan fingerprint density at radius 2 is 1.78 bits per heavy atom. The fourth-order valence-electron chi connectivity index (χ4n) is 2.94. The molecule has 2 rings (SSSR count). The summed E-state index contributed by atoms with van der Waals surface area (Å²) in [5.74, 6) is 0.761. The van der Waals surface area contributed by atoms with Crippen molar-refractivity contribution in [3.63, 3.8) is 0 Å². The standard InChI is InChI=1S/C19H30N4O3S/c1-5-20-17(24)16-9-7-15(8-10-16)13-22-18(21-6-2)23-11-12-27(25,26)19(3,4)14-23/h7-10H,5-6,11-14H2,1-4H3,(H,20,24)(H,21,22). The fourth-order valence-corrected chi connectivity index (χ4v) is 4.31. The van der Waals surface area contributed by atoms with E-state index >= 15 is 0 Å². The minimum atomic E-state index is -3.09. The number of nitrogens with zero attached hydrogens (tertiary/aromatic N) is 2. The smallest absolute Gasteiger partial charge is 0.251 e. The Labute approximate surface area is 162 Å². The van der Waals surface area contributed by atoms with Crippen LogP contribution in [0.25, 0.3) is 0 Å². The summed E-state index contributed by atoms with van der Waals surface area (Å²) in [6.07, 6.45) is 0. The molecule has 1 fully saturated rings. The predicted octanol–water partition coefficient (Wildman–Crippen LogP) is 1.41. The number of amides is 1. The first kappa shape index (κ1) is 21.2. The molecule has 0 atom stereocenters. The van der Waals surface area contributed by atoms with Gasteiger partial charge >= 0.3 is 0 Å². The van der Waals surface area contributed by atoms with Crippen LogP contribution in [-0.2, 0) is 16.4 Å². The zero-order valence-electron chi connectivity index (χ0n) is 16.6. The maximum Gasteiger partial charge on any atom is 0.251 e. The average molecular weight is 395 g/mol. The largest absolute Gasteiger partial charge is 0.357 e. The van der Waals surface area contributed by atoms with Crippen LogP contribution in [-0.4, -0.2) is 61.9 Å². The van der Waals surface area contributed by atoms with Crippen LogP contribution in [0.2, 0.25) is 0 Å². The van der Waals surface area contributed by atoms with Gasteiger partial charge in [-0.25, -0.2) is 13.4 Å². The molecule has 1 aliphatic heterocycles. The molecular weight excluding hydrogens is 364 g/mol. The fraction of sp³-hybridized carbons (Fsp3) is 0.579. The first-order chi connectivity index (χ1) is 12.7. The van der Waals surface area contributed by atoms with Crippen LogP contribution in [0.4, 0.5) is 0 Å². The molecular formula is C19H30N4O3S. The van der Waals surface area contributed by atoms with Gasteiger partial charge in [-0.05, 0) is 45.4 Å². The third-order valence-electron chi connectivity index (χ3n) is 4.64. The lowest BCUT2D eigenvalue weighted by atomic mass is 10.1. The minimum absolute atomic E-state index is 0.0855. The van der Waals surface area contributed by atoms with E-state index in [0.717, 1.165) is 5.56 Å². The van der Waals surface area contributed by atoms with Crippen molar-refractivity contribution in [1.29, 1.82) is 0 Å². The molecule has 8 heteroatoms. The highest BCUT2D eigenvalue weighted by Crippen LogP contribution is 2.23. The Kier molecular flexibility index (Phi) is 6.86. The molecule has 0 aromatic heterocycles. The lowest BCUT2D eigenvalue weighted by Crippen LogP contribution is -2.57. The number of aliphatic imine (C=N–C) groups is 1. The van der Waals surface area contributed by atoms with Crippen molar-refractivity contribution in [2.45, 2.75) is 39.0 Å². The van der Waals surface area contributed by atoms with Crippen LogP contribution >= 0.6 is 0 Å².